The molecule has 0 aliphatic rings. The van der Waals surface area contributed by atoms with Gasteiger partial charge in [0.1, 0.15) is 0 Å². The zero-order chi connectivity index (χ0) is 10.1. The van der Waals surface area contributed by atoms with Gasteiger partial charge in [0, 0.05) is 13.6 Å². The molecular formula is C9H20N2O2. The van der Waals surface area contributed by atoms with E-state index in [2.05, 4.69) is 0 Å². The van der Waals surface area contributed by atoms with E-state index in [4.69, 9.17) is 10.5 Å². The van der Waals surface area contributed by atoms with E-state index in [0.29, 0.717) is 6.61 Å². The Bertz CT molecular complexity index is 140. The highest BCUT2D eigenvalue weighted by Crippen LogP contribution is 1.97. The zero-order valence-corrected chi connectivity index (χ0v) is 8.58. The van der Waals surface area contributed by atoms with E-state index in [1.54, 1.807) is 18.9 Å². The number of carbonyl (C=O) groups is 1. The zero-order valence-electron chi connectivity index (χ0n) is 8.58. The smallest absolute Gasteiger partial charge is 0.409 e. The molecule has 0 saturated heterocycles. The summed E-state index contributed by atoms with van der Waals surface area (Å²) in [4.78, 5) is 12.7. The topological polar surface area (TPSA) is 55.6 Å². The average Bonchev–Trinajstić information content (AvgIpc) is 2.12. The maximum atomic E-state index is 11.1. The van der Waals surface area contributed by atoms with Crippen molar-refractivity contribution in [3.05, 3.63) is 0 Å². The number of nitrogens with zero attached hydrogens (tertiary/aromatic N) is 1. The van der Waals surface area contributed by atoms with Gasteiger partial charge in [-0.1, -0.05) is 6.42 Å². The molecule has 0 rings (SSSR count). The molecule has 0 heterocycles. The summed E-state index contributed by atoms with van der Waals surface area (Å²) in [6.45, 7) is 3.72. The molecule has 0 atom stereocenters. The van der Waals surface area contributed by atoms with Gasteiger partial charge < -0.3 is 15.4 Å². The fraction of sp³-hybridized carbons (Fsp3) is 0.889. The Morgan fingerprint density at radius 2 is 2.08 bits per heavy atom. The van der Waals surface area contributed by atoms with Crippen LogP contribution in [0.2, 0.25) is 0 Å². The molecule has 0 aromatic rings. The quantitative estimate of drug-likeness (QED) is 0.637. The van der Waals surface area contributed by atoms with E-state index >= 15 is 0 Å². The maximum absolute atomic E-state index is 11.1. The van der Waals surface area contributed by atoms with Crippen molar-refractivity contribution in [3.8, 4) is 0 Å². The minimum atomic E-state index is -0.241. The van der Waals surface area contributed by atoms with E-state index in [9.17, 15) is 4.79 Å². The first-order valence-corrected chi connectivity index (χ1v) is 4.80. The number of rotatable bonds is 6. The molecule has 78 valence electrons. The fourth-order valence-electron chi connectivity index (χ4n) is 0.995. The number of amides is 1. The molecule has 0 fully saturated rings. The summed E-state index contributed by atoms with van der Waals surface area (Å²) in [5.74, 6) is 0. The lowest BCUT2D eigenvalue weighted by Gasteiger charge is -2.15. The normalized spacial score (nSPS) is 9.77. The van der Waals surface area contributed by atoms with E-state index in [-0.39, 0.29) is 6.09 Å². The van der Waals surface area contributed by atoms with Gasteiger partial charge in [0.05, 0.1) is 6.61 Å². The van der Waals surface area contributed by atoms with Crippen LogP contribution >= 0.6 is 0 Å². The molecule has 2 N–H and O–H groups in total. The van der Waals surface area contributed by atoms with E-state index in [1.165, 1.54) is 0 Å². The second-order valence-corrected chi connectivity index (χ2v) is 2.97. The first-order valence-electron chi connectivity index (χ1n) is 4.80. The summed E-state index contributed by atoms with van der Waals surface area (Å²) in [6.07, 6.45) is 2.85. The molecular weight excluding hydrogens is 168 g/mol. The van der Waals surface area contributed by atoms with E-state index in [1.807, 2.05) is 0 Å². The summed E-state index contributed by atoms with van der Waals surface area (Å²) in [6, 6.07) is 0. The van der Waals surface area contributed by atoms with Gasteiger partial charge >= 0.3 is 6.09 Å². The summed E-state index contributed by atoms with van der Waals surface area (Å²) < 4.78 is 4.82. The van der Waals surface area contributed by atoms with Crippen LogP contribution in [0.25, 0.3) is 0 Å². The molecule has 0 radical (unpaired) electrons. The average molecular weight is 188 g/mol. The summed E-state index contributed by atoms with van der Waals surface area (Å²) in [5, 5.41) is 0. The van der Waals surface area contributed by atoms with Crippen molar-refractivity contribution in [2.45, 2.75) is 26.2 Å². The number of ether oxygens (including phenoxy) is 1. The van der Waals surface area contributed by atoms with Crippen LogP contribution < -0.4 is 5.73 Å². The van der Waals surface area contributed by atoms with Gasteiger partial charge in [0.2, 0.25) is 0 Å². The monoisotopic (exact) mass is 188 g/mol. The molecule has 0 aliphatic heterocycles. The van der Waals surface area contributed by atoms with E-state index in [0.717, 1.165) is 32.4 Å². The van der Waals surface area contributed by atoms with Crippen molar-refractivity contribution < 1.29 is 9.53 Å². The SMILES string of the molecule is CCOC(=O)N(C)CCCCCN. The van der Waals surface area contributed by atoms with Crippen LogP contribution in [0.1, 0.15) is 26.2 Å². The lowest BCUT2D eigenvalue weighted by Crippen LogP contribution is -2.28. The summed E-state index contributed by atoms with van der Waals surface area (Å²) >= 11 is 0. The van der Waals surface area contributed by atoms with Gasteiger partial charge in [-0.2, -0.15) is 0 Å². The minimum absolute atomic E-state index is 0.241. The molecule has 0 bridgehead atoms. The standard InChI is InChI=1S/C9H20N2O2/c1-3-13-9(12)11(2)8-6-4-5-7-10/h3-8,10H2,1-2H3. The second-order valence-electron chi connectivity index (χ2n) is 2.97. The van der Waals surface area contributed by atoms with Crippen molar-refractivity contribution >= 4 is 6.09 Å². The van der Waals surface area contributed by atoms with Crippen molar-refractivity contribution in [3.63, 3.8) is 0 Å². The first-order chi connectivity index (χ1) is 6.22. The molecule has 0 aromatic heterocycles. The summed E-state index contributed by atoms with van der Waals surface area (Å²) in [7, 11) is 1.75. The Labute approximate surface area is 80.0 Å². The largest absolute Gasteiger partial charge is 0.450 e. The van der Waals surface area contributed by atoms with E-state index < -0.39 is 0 Å². The predicted octanol–water partition coefficient (Wildman–Crippen LogP) is 1.20. The highest BCUT2D eigenvalue weighted by Gasteiger charge is 2.07. The Morgan fingerprint density at radius 3 is 2.62 bits per heavy atom. The van der Waals surface area contributed by atoms with Gasteiger partial charge in [0.15, 0.2) is 0 Å². The van der Waals surface area contributed by atoms with Crippen molar-refractivity contribution in [2.75, 3.05) is 26.7 Å². The van der Waals surface area contributed by atoms with Crippen LogP contribution in [0.5, 0.6) is 0 Å². The Hall–Kier alpha value is -0.770. The molecule has 0 saturated carbocycles. The third-order valence-corrected chi connectivity index (χ3v) is 1.78. The van der Waals surface area contributed by atoms with Gasteiger partial charge in [-0.25, -0.2) is 4.79 Å². The number of hydrogen-bond acceptors (Lipinski definition) is 3. The number of nitrogens with two attached hydrogens (primary N) is 1. The third-order valence-electron chi connectivity index (χ3n) is 1.78. The highest BCUT2D eigenvalue weighted by molar-refractivity contribution is 5.67. The first kappa shape index (κ1) is 12.2. The Balaban J connectivity index is 3.38. The molecule has 0 aromatic carbocycles. The van der Waals surface area contributed by atoms with Gasteiger partial charge in [0.25, 0.3) is 0 Å². The number of carbonyl (C=O) groups excluding carboxylic acids is 1. The summed E-state index contributed by atoms with van der Waals surface area (Å²) in [5.41, 5.74) is 5.35. The highest BCUT2D eigenvalue weighted by atomic mass is 16.5. The molecule has 13 heavy (non-hydrogen) atoms. The Morgan fingerprint density at radius 1 is 1.38 bits per heavy atom. The lowest BCUT2D eigenvalue weighted by atomic mass is 10.2. The number of hydrogen-bond donors (Lipinski definition) is 1. The number of unbranched alkanes of at least 4 members (excludes halogenated alkanes) is 2. The molecule has 0 aliphatic carbocycles. The fourth-order valence-corrected chi connectivity index (χ4v) is 0.995. The van der Waals surface area contributed by atoms with Crippen molar-refractivity contribution in [1.29, 1.82) is 0 Å². The Kier molecular flexibility index (Phi) is 7.39. The van der Waals surface area contributed by atoms with Crippen LogP contribution in [0, 0.1) is 0 Å². The van der Waals surface area contributed by atoms with Crippen LogP contribution in [-0.4, -0.2) is 37.7 Å². The van der Waals surface area contributed by atoms with Crippen LogP contribution in [0.3, 0.4) is 0 Å². The van der Waals surface area contributed by atoms with Gasteiger partial charge in [-0.05, 0) is 26.3 Å². The second kappa shape index (κ2) is 7.86. The molecule has 0 unspecified atom stereocenters. The molecule has 1 amide bonds. The molecule has 4 heteroatoms. The minimum Gasteiger partial charge on any atom is -0.450 e. The van der Waals surface area contributed by atoms with Crippen molar-refractivity contribution in [1.82, 2.24) is 4.90 Å². The van der Waals surface area contributed by atoms with Crippen molar-refractivity contribution in [2.24, 2.45) is 5.73 Å². The lowest BCUT2D eigenvalue weighted by molar-refractivity contribution is 0.115. The maximum Gasteiger partial charge on any atom is 0.409 e. The predicted molar refractivity (Wildman–Crippen MR) is 52.6 cm³/mol. The van der Waals surface area contributed by atoms with Crippen LogP contribution in [0.15, 0.2) is 0 Å². The molecule has 4 nitrogen and oxygen atoms in total. The van der Waals surface area contributed by atoms with Gasteiger partial charge in [-0.15, -0.1) is 0 Å². The van der Waals surface area contributed by atoms with Crippen LogP contribution in [0.4, 0.5) is 4.79 Å². The van der Waals surface area contributed by atoms with Crippen LogP contribution in [-0.2, 0) is 4.74 Å². The third kappa shape index (κ3) is 6.40. The molecule has 0 spiro atoms. The van der Waals surface area contributed by atoms with Gasteiger partial charge in [-0.3, -0.25) is 0 Å².